The molecule has 0 fully saturated rings. The van der Waals surface area contributed by atoms with Gasteiger partial charge in [0.25, 0.3) is 5.91 Å². The number of anilines is 1. The fraction of sp³-hybridized carbons (Fsp3) is 0.167. The lowest BCUT2D eigenvalue weighted by molar-refractivity contribution is 0.0950. The van der Waals surface area contributed by atoms with Gasteiger partial charge in [-0.1, -0.05) is 0 Å². The third kappa shape index (κ3) is 2.63. The fourth-order valence-electron chi connectivity index (χ4n) is 1.48. The first-order valence-electron chi connectivity index (χ1n) is 5.27. The summed E-state index contributed by atoms with van der Waals surface area (Å²) in [6.45, 7) is 0.458. The van der Waals surface area contributed by atoms with E-state index < -0.39 is 0 Å². The van der Waals surface area contributed by atoms with E-state index in [1.165, 1.54) is 0 Å². The molecule has 0 aliphatic heterocycles. The van der Waals surface area contributed by atoms with E-state index in [0.29, 0.717) is 17.8 Å². The second kappa shape index (κ2) is 4.69. The molecular weight excluding hydrogens is 216 g/mol. The number of carbonyl (C=O) groups excluding carboxylic acids is 1. The molecular formula is C12H14N4O. The van der Waals surface area contributed by atoms with Gasteiger partial charge in [-0.05, 0) is 30.3 Å². The summed E-state index contributed by atoms with van der Waals surface area (Å²) >= 11 is 0. The lowest BCUT2D eigenvalue weighted by Crippen LogP contribution is -2.23. The minimum Gasteiger partial charge on any atom is -0.399 e. The molecule has 0 atom stereocenters. The minimum atomic E-state index is -0.119. The maximum atomic E-state index is 11.8. The smallest absolute Gasteiger partial charge is 0.251 e. The van der Waals surface area contributed by atoms with Crippen LogP contribution in [0.25, 0.3) is 0 Å². The summed E-state index contributed by atoms with van der Waals surface area (Å²) in [5.74, 6) is -0.119. The highest BCUT2D eigenvalue weighted by Gasteiger charge is 2.05. The first kappa shape index (κ1) is 11.2. The standard InChI is InChI=1S/C12H14N4O/c1-16-11(6-7-15-16)8-14-12(17)9-2-4-10(13)5-3-9/h2-7H,8,13H2,1H3,(H,14,17). The van der Waals surface area contributed by atoms with Crippen molar-refractivity contribution in [1.29, 1.82) is 0 Å². The Bertz CT molecular complexity index is 516. The maximum Gasteiger partial charge on any atom is 0.251 e. The Balaban J connectivity index is 1.98. The van der Waals surface area contributed by atoms with Crippen LogP contribution >= 0.6 is 0 Å². The molecule has 1 amide bonds. The van der Waals surface area contributed by atoms with Gasteiger partial charge in [0, 0.05) is 24.5 Å². The molecule has 1 heterocycles. The molecule has 2 aromatic rings. The molecule has 17 heavy (non-hydrogen) atoms. The lowest BCUT2D eigenvalue weighted by atomic mass is 10.2. The minimum absolute atomic E-state index is 0.119. The van der Waals surface area contributed by atoms with Crippen LogP contribution in [-0.4, -0.2) is 15.7 Å². The largest absolute Gasteiger partial charge is 0.399 e. The first-order chi connectivity index (χ1) is 8.16. The van der Waals surface area contributed by atoms with Gasteiger partial charge in [0.2, 0.25) is 0 Å². The molecule has 88 valence electrons. The number of carbonyl (C=O) groups is 1. The predicted octanol–water partition coefficient (Wildman–Crippen LogP) is 0.932. The van der Waals surface area contributed by atoms with Gasteiger partial charge in [-0.25, -0.2) is 0 Å². The number of nitrogens with one attached hydrogen (secondary N) is 1. The van der Waals surface area contributed by atoms with E-state index in [9.17, 15) is 4.79 Å². The molecule has 0 spiro atoms. The number of aromatic nitrogens is 2. The third-order valence-electron chi connectivity index (χ3n) is 2.53. The summed E-state index contributed by atoms with van der Waals surface area (Å²) < 4.78 is 1.73. The van der Waals surface area contributed by atoms with Crippen LogP contribution in [0.1, 0.15) is 16.1 Å². The molecule has 0 bridgehead atoms. The number of aryl methyl sites for hydroxylation is 1. The molecule has 0 saturated carbocycles. The monoisotopic (exact) mass is 230 g/mol. The number of hydrogen-bond donors (Lipinski definition) is 2. The average Bonchev–Trinajstić information content (AvgIpc) is 2.73. The van der Waals surface area contributed by atoms with Crippen molar-refractivity contribution in [3.63, 3.8) is 0 Å². The van der Waals surface area contributed by atoms with E-state index in [0.717, 1.165) is 5.69 Å². The average molecular weight is 230 g/mol. The van der Waals surface area contributed by atoms with E-state index in [-0.39, 0.29) is 5.91 Å². The summed E-state index contributed by atoms with van der Waals surface area (Å²) in [6, 6.07) is 8.68. The third-order valence-corrected chi connectivity index (χ3v) is 2.53. The summed E-state index contributed by atoms with van der Waals surface area (Å²) in [5.41, 5.74) is 7.75. The molecule has 0 aliphatic carbocycles. The molecule has 0 saturated heterocycles. The van der Waals surface area contributed by atoms with Crippen LogP contribution in [0.15, 0.2) is 36.5 Å². The van der Waals surface area contributed by atoms with E-state index in [1.807, 2.05) is 13.1 Å². The van der Waals surface area contributed by atoms with Crippen LogP contribution in [-0.2, 0) is 13.6 Å². The molecule has 0 unspecified atom stereocenters. The van der Waals surface area contributed by atoms with Crippen molar-refractivity contribution >= 4 is 11.6 Å². The van der Waals surface area contributed by atoms with E-state index in [4.69, 9.17) is 5.73 Å². The van der Waals surface area contributed by atoms with Crippen molar-refractivity contribution < 1.29 is 4.79 Å². The van der Waals surface area contributed by atoms with Gasteiger partial charge in [0.15, 0.2) is 0 Å². The van der Waals surface area contributed by atoms with Crippen LogP contribution in [0.2, 0.25) is 0 Å². The molecule has 2 rings (SSSR count). The Hall–Kier alpha value is -2.30. The Morgan fingerprint density at radius 3 is 2.65 bits per heavy atom. The second-order valence-electron chi connectivity index (χ2n) is 3.75. The van der Waals surface area contributed by atoms with Crippen LogP contribution in [0, 0.1) is 0 Å². The lowest BCUT2D eigenvalue weighted by Gasteiger charge is -2.05. The molecule has 5 heteroatoms. The predicted molar refractivity (Wildman–Crippen MR) is 65.2 cm³/mol. The number of nitrogens with two attached hydrogens (primary N) is 1. The number of nitrogens with zero attached hydrogens (tertiary/aromatic N) is 2. The zero-order valence-corrected chi connectivity index (χ0v) is 9.55. The van der Waals surface area contributed by atoms with Crippen molar-refractivity contribution in [3.05, 3.63) is 47.8 Å². The fourth-order valence-corrected chi connectivity index (χ4v) is 1.48. The summed E-state index contributed by atoms with van der Waals surface area (Å²) in [7, 11) is 1.84. The SMILES string of the molecule is Cn1nccc1CNC(=O)c1ccc(N)cc1. The molecule has 1 aromatic carbocycles. The molecule has 1 aromatic heterocycles. The quantitative estimate of drug-likeness (QED) is 0.770. The van der Waals surface area contributed by atoms with E-state index in [1.54, 1.807) is 35.1 Å². The van der Waals surface area contributed by atoms with Crippen molar-refractivity contribution in [2.75, 3.05) is 5.73 Å². The number of benzene rings is 1. The van der Waals surface area contributed by atoms with Crippen molar-refractivity contribution in [2.45, 2.75) is 6.54 Å². The van der Waals surface area contributed by atoms with Gasteiger partial charge in [0.05, 0.1) is 12.2 Å². The number of nitrogen functional groups attached to an aromatic ring is 1. The first-order valence-corrected chi connectivity index (χ1v) is 5.27. The van der Waals surface area contributed by atoms with Crippen molar-refractivity contribution in [1.82, 2.24) is 15.1 Å². The zero-order valence-electron chi connectivity index (χ0n) is 9.55. The molecule has 0 aliphatic rings. The van der Waals surface area contributed by atoms with Gasteiger partial charge in [-0.2, -0.15) is 5.10 Å². The molecule has 0 radical (unpaired) electrons. The Kier molecular flexibility index (Phi) is 3.09. The highest BCUT2D eigenvalue weighted by Crippen LogP contribution is 2.05. The second-order valence-corrected chi connectivity index (χ2v) is 3.75. The summed E-state index contributed by atoms with van der Waals surface area (Å²) in [4.78, 5) is 11.8. The highest BCUT2D eigenvalue weighted by atomic mass is 16.1. The van der Waals surface area contributed by atoms with E-state index in [2.05, 4.69) is 10.4 Å². The Morgan fingerprint density at radius 1 is 1.35 bits per heavy atom. The van der Waals surface area contributed by atoms with Gasteiger partial charge in [-0.3, -0.25) is 9.48 Å². The normalized spacial score (nSPS) is 10.2. The Morgan fingerprint density at radius 2 is 2.06 bits per heavy atom. The van der Waals surface area contributed by atoms with Gasteiger partial charge >= 0.3 is 0 Å². The van der Waals surface area contributed by atoms with Crippen LogP contribution < -0.4 is 11.1 Å². The van der Waals surface area contributed by atoms with Crippen LogP contribution in [0.3, 0.4) is 0 Å². The summed E-state index contributed by atoms with van der Waals surface area (Å²) in [5, 5.41) is 6.85. The van der Waals surface area contributed by atoms with E-state index >= 15 is 0 Å². The van der Waals surface area contributed by atoms with Crippen LogP contribution in [0.4, 0.5) is 5.69 Å². The maximum absolute atomic E-state index is 11.8. The number of amides is 1. The zero-order chi connectivity index (χ0) is 12.3. The summed E-state index contributed by atoms with van der Waals surface area (Å²) in [6.07, 6.45) is 1.70. The van der Waals surface area contributed by atoms with Gasteiger partial charge < -0.3 is 11.1 Å². The van der Waals surface area contributed by atoms with Gasteiger partial charge in [-0.15, -0.1) is 0 Å². The number of rotatable bonds is 3. The number of hydrogen-bond acceptors (Lipinski definition) is 3. The molecule has 3 N–H and O–H groups in total. The topological polar surface area (TPSA) is 72.9 Å². The van der Waals surface area contributed by atoms with Gasteiger partial charge in [0.1, 0.15) is 0 Å². The van der Waals surface area contributed by atoms with Crippen LogP contribution in [0.5, 0.6) is 0 Å². The van der Waals surface area contributed by atoms with Crippen molar-refractivity contribution in [2.24, 2.45) is 7.05 Å². The Labute approximate surface area is 99.2 Å². The molecule has 5 nitrogen and oxygen atoms in total. The van der Waals surface area contributed by atoms with Crippen molar-refractivity contribution in [3.8, 4) is 0 Å². The highest BCUT2D eigenvalue weighted by molar-refractivity contribution is 5.94.